The second kappa shape index (κ2) is 7.91. The molecule has 4 nitrogen and oxygen atoms in total. The standard InChI is InChI=1S/C19H16F3NO3/c1-12-5-3-4-6-16(12)17(19(20,21)22)26-18(24)13(2)25-15-9-7-14(11-23)8-10-15/h3-10,13,17H,1-2H3/t13-,17+/m1/s1. The summed E-state index contributed by atoms with van der Waals surface area (Å²) in [5, 5.41) is 8.73. The van der Waals surface area contributed by atoms with Crippen LogP contribution >= 0.6 is 0 Å². The molecule has 0 bridgehead atoms. The first-order valence-electron chi connectivity index (χ1n) is 7.72. The Hall–Kier alpha value is -3.01. The van der Waals surface area contributed by atoms with Gasteiger partial charge in [-0.2, -0.15) is 18.4 Å². The van der Waals surface area contributed by atoms with E-state index in [1.807, 2.05) is 6.07 Å². The molecule has 2 aromatic rings. The van der Waals surface area contributed by atoms with Crippen molar-refractivity contribution >= 4 is 5.97 Å². The fraction of sp³-hybridized carbons (Fsp3) is 0.263. The zero-order valence-electron chi connectivity index (χ0n) is 14.1. The molecule has 0 aliphatic heterocycles. The minimum atomic E-state index is -4.75. The van der Waals surface area contributed by atoms with Gasteiger partial charge in [0.1, 0.15) is 5.75 Å². The number of alkyl halides is 3. The van der Waals surface area contributed by atoms with Crippen molar-refractivity contribution in [2.24, 2.45) is 0 Å². The number of nitriles is 1. The molecule has 0 fully saturated rings. The van der Waals surface area contributed by atoms with E-state index in [0.717, 1.165) is 0 Å². The van der Waals surface area contributed by atoms with Crippen molar-refractivity contribution in [2.45, 2.75) is 32.2 Å². The zero-order chi connectivity index (χ0) is 19.3. The number of nitrogens with zero attached hydrogens (tertiary/aromatic N) is 1. The van der Waals surface area contributed by atoms with Crippen molar-refractivity contribution in [3.05, 3.63) is 65.2 Å². The molecule has 0 amide bonds. The molecule has 0 radical (unpaired) electrons. The van der Waals surface area contributed by atoms with Gasteiger partial charge in [-0.3, -0.25) is 0 Å². The molecule has 0 aliphatic carbocycles. The van der Waals surface area contributed by atoms with Gasteiger partial charge in [0.05, 0.1) is 11.6 Å². The predicted molar refractivity (Wildman–Crippen MR) is 87.3 cm³/mol. The molecule has 0 aliphatic rings. The van der Waals surface area contributed by atoms with E-state index < -0.39 is 24.4 Å². The van der Waals surface area contributed by atoms with Crippen LogP contribution in [0.3, 0.4) is 0 Å². The number of halogens is 3. The molecule has 0 saturated carbocycles. The largest absolute Gasteiger partial charge is 0.479 e. The highest BCUT2D eigenvalue weighted by Crippen LogP contribution is 2.37. The van der Waals surface area contributed by atoms with Crippen molar-refractivity contribution in [3.63, 3.8) is 0 Å². The lowest BCUT2D eigenvalue weighted by Crippen LogP contribution is -2.33. The maximum Gasteiger partial charge on any atom is 0.429 e. The van der Waals surface area contributed by atoms with Crippen LogP contribution in [-0.2, 0) is 9.53 Å². The molecular formula is C19H16F3NO3. The van der Waals surface area contributed by atoms with Crippen LogP contribution in [0.5, 0.6) is 5.75 Å². The average molecular weight is 363 g/mol. The lowest BCUT2D eigenvalue weighted by atomic mass is 10.0. The molecule has 136 valence electrons. The quantitative estimate of drug-likeness (QED) is 0.735. The van der Waals surface area contributed by atoms with Crippen LogP contribution in [0, 0.1) is 18.3 Å². The maximum absolute atomic E-state index is 13.4. The normalized spacial score (nSPS) is 13.4. The van der Waals surface area contributed by atoms with E-state index in [1.165, 1.54) is 56.3 Å². The summed E-state index contributed by atoms with van der Waals surface area (Å²) in [6.45, 7) is 2.81. The Morgan fingerprint density at radius 1 is 1.12 bits per heavy atom. The van der Waals surface area contributed by atoms with Crippen LogP contribution in [0.2, 0.25) is 0 Å². The topological polar surface area (TPSA) is 59.3 Å². The van der Waals surface area contributed by atoms with Crippen molar-refractivity contribution in [3.8, 4) is 11.8 Å². The van der Waals surface area contributed by atoms with Crippen LogP contribution in [-0.4, -0.2) is 18.2 Å². The number of hydrogen-bond donors (Lipinski definition) is 0. The molecule has 26 heavy (non-hydrogen) atoms. The van der Waals surface area contributed by atoms with Crippen LogP contribution in [0.4, 0.5) is 13.2 Å². The first-order chi connectivity index (χ1) is 12.2. The Morgan fingerprint density at radius 3 is 2.27 bits per heavy atom. The van der Waals surface area contributed by atoms with E-state index in [4.69, 9.17) is 14.7 Å². The summed E-state index contributed by atoms with van der Waals surface area (Å²) in [7, 11) is 0. The molecule has 2 rings (SSSR count). The Kier molecular flexibility index (Phi) is 5.88. The molecule has 0 aromatic heterocycles. The van der Waals surface area contributed by atoms with Gasteiger partial charge in [-0.05, 0) is 43.7 Å². The lowest BCUT2D eigenvalue weighted by molar-refractivity contribution is -0.227. The van der Waals surface area contributed by atoms with Gasteiger partial charge < -0.3 is 9.47 Å². The second-order valence-corrected chi connectivity index (χ2v) is 5.61. The Balaban J connectivity index is 2.13. The second-order valence-electron chi connectivity index (χ2n) is 5.61. The summed E-state index contributed by atoms with van der Waals surface area (Å²) in [5.41, 5.74) is 0.631. The maximum atomic E-state index is 13.4. The third kappa shape index (κ3) is 4.76. The van der Waals surface area contributed by atoms with Crippen LogP contribution in [0.15, 0.2) is 48.5 Å². The van der Waals surface area contributed by atoms with Gasteiger partial charge in [0.2, 0.25) is 6.10 Å². The van der Waals surface area contributed by atoms with Gasteiger partial charge >= 0.3 is 12.1 Å². The fourth-order valence-electron chi connectivity index (χ4n) is 2.26. The van der Waals surface area contributed by atoms with E-state index in [2.05, 4.69) is 0 Å². The van der Waals surface area contributed by atoms with E-state index in [9.17, 15) is 18.0 Å². The minimum Gasteiger partial charge on any atom is -0.479 e. The predicted octanol–water partition coefficient (Wildman–Crippen LogP) is 4.48. The molecule has 0 unspecified atom stereocenters. The molecule has 7 heteroatoms. The van der Waals surface area contributed by atoms with Crippen LogP contribution in [0.25, 0.3) is 0 Å². The third-order valence-corrected chi connectivity index (χ3v) is 3.63. The number of ether oxygens (including phenoxy) is 2. The number of carbonyl (C=O) groups is 1. The molecular weight excluding hydrogens is 347 g/mol. The highest BCUT2D eigenvalue weighted by atomic mass is 19.4. The van der Waals surface area contributed by atoms with Crippen molar-refractivity contribution < 1.29 is 27.4 Å². The molecule has 0 spiro atoms. The summed E-state index contributed by atoms with van der Waals surface area (Å²) in [5.74, 6) is -0.896. The number of hydrogen-bond acceptors (Lipinski definition) is 4. The van der Waals surface area contributed by atoms with Gasteiger partial charge in [0.25, 0.3) is 0 Å². The summed E-state index contributed by atoms with van der Waals surface area (Å²) in [4.78, 5) is 12.1. The monoisotopic (exact) mass is 363 g/mol. The van der Waals surface area contributed by atoms with Crippen molar-refractivity contribution in [1.82, 2.24) is 0 Å². The highest BCUT2D eigenvalue weighted by molar-refractivity contribution is 5.75. The summed E-state index contributed by atoms with van der Waals surface area (Å²) in [6, 6.07) is 13.6. The Bertz CT molecular complexity index is 810. The van der Waals surface area contributed by atoms with E-state index >= 15 is 0 Å². The number of carbonyl (C=O) groups excluding carboxylic acids is 1. The summed E-state index contributed by atoms with van der Waals surface area (Å²) < 4.78 is 50.1. The smallest absolute Gasteiger partial charge is 0.429 e. The molecule has 2 aromatic carbocycles. The van der Waals surface area contributed by atoms with Gasteiger partial charge in [-0.25, -0.2) is 4.79 Å². The zero-order valence-corrected chi connectivity index (χ0v) is 14.1. The third-order valence-electron chi connectivity index (χ3n) is 3.63. The molecule has 0 N–H and O–H groups in total. The first-order valence-corrected chi connectivity index (χ1v) is 7.72. The number of esters is 1. The van der Waals surface area contributed by atoms with E-state index in [-0.39, 0.29) is 11.3 Å². The summed E-state index contributed by atoms with van der Waals surface area (Å²) >= 11 is 0. The van der Waals surface area contributed by atoms with Crippen LogP contribution < -0.4 is 4.74 Å². The van der Waals surface area contributed by atoms with Gasteiger partial charge in [-0.15, -0.1) is 0 Å². The Labute approximate surface area is 148 Å². The van der Waals surface area contributed by atoms with Gasteiger partial charge in [0, 0.05) is 5.56 Å². The molecule has 2 atom stereocenters. The average Bonchev–Trinajstić information content (AvgIpc) is 2.60. The van der Waals surface area contributed by atoms with Gasteiger partial charge in [0.15, 0.2) is 6.10 Å². The Morgan fingerprint density at radius 2 is 1.73 bits per heavy atom. The fourth-order valence-corrected chi connectivity index (χ4v) is 2.26. The first kappa shape index (κ1) is 19.3. The van der Waals surface area contributed by atoms with E-state index in [1.54, 1.807) is 6.07 Å². The summed E-state index contributed by atoms with van der Waals surface area (Å²) in [6.07, 6.45) is -8.38. The number of benzene rings is 2. The minimum absolute atomic E-state index is 0.126. The number of aryl methyl sites for hydroxylation is 1. The highest BCUT2D eigenvalue weighted by Gasteiger charge is 2.45. The van der Waals surface area contributed by atoms with E-state index in [0.29, 0.717) is 11.1 Å². The number of rotatable bonds is 5. The van der Waals surface area contributed by atoms with Gasteiger partial charge in [-0.1, -0.05) is 24.3 Å². The van der Waals surface area contributed by atoms with Crippen molar-refractivity contribution in [2.75, 3.05) is 0 Å². The van der Waals surface area contributed by atoms with Crippen molar-refractivity contribution in [1.29, 1.82) is 5.26 Å². The van der Waals surface area contributed by atoms with Crippen LogP contribution in [0.1, 0.15) is 29.7 Å². The molecule has 0 saturated heterocycles. The SMILES string of the molecule is Cc1ccccc1[C@H](OC(=O)[C@@H](C)Oc1ccc(C#N)cc1)C(F)(F)F. The molecule has 0 heterocycles. The lowest BCUT2D eigenvalue weighted by Gasteiger charge is -2.24.